The van der Waals surface area contributed by atoms with E-state index in [9.17, 15) is 0 Å². The van der Waals surface area contributed by atoms with Crippen LogP contribution in [-0.4, -0.2) is 22.6 Å². The molecule has 0 saturated carbocycles. The van der Waals surface area contributed by atoms with Gasteiger partial charge in [0.1, 0.15) is 5.82 Å². The first kappa shape index (κ1) is 8.75. The summed E-state index contributed by atoms with van der Waals surface area (Å²) in [5.41, 5.74) is 0. The van der Waals surface area contributed by atoms with Crippen molar-refractivity contribution in [3.05, 3.63) is 18.2 Å². The lowest BCUT2D eigenvalue weighted by molar-refractivity contribution is 0.381. The van der Waals surface area contributed by atoms with Crippen LogP contribution in [-0.2, 0) is 6.42 Å². The number of hydrogen-bond acceptors (Lipinski definition) is 2. The van der Waals surface area contributed by atoms with Gasteiger partial charge in [0.05, 0.1) is 0 Å². The molecule has 72 valence electrons. The maximum absolute atomic E-state index is 4.22. The van der Waals surface area contributed by atoms with Crippen LogP contribution in [0.5, 0.6) is 0 Å². The number of nitrogens with zero attached hydrogens (tertiary/aromatic N) is 1. The molecule has 0 amide bonds. The highest BCUT2D eigenvalue weighted by atomic mass is 14.9. The minimum Gasteiger partial charge on any atom is -0.349 e. The zero-order valence-electron chi connectivity index (χ0n) is 7.92. The third-order valence-electron chi connectivity index (χ3n) is 2.70. The number of piperidine rings is 1. The Kier molecular flexibility index (Phi) is 2.98. The number of nitrogens with one attached hydrogen (secondary N) is 2. The second kappa shape index (κ2) is 4.42. The van der Waals surface area contributed by atoms with Crippen LogP contribution < -0.4 is 5.32 Å². The van der Waals surface area contributed by atoms with Gasteiger partial charge < -0.3 is 10.3 Å². The Labute approximate surface area is 79.0 Å². The Bertz CT molecular complexity index is 224. The van der Waals surface area contributed by atoms with Crippen LogP contribution in [0.3, 0.4) is 0 Å². The van der Waals surface area contributed by atoms with Crippen LogP contribution in [0.25, 0.3) is 0 Å². The Hall–Kier alpha value is -0.830. The molecule has 1 aromatic rings. The molecule has 3 nitrogen and oxygen atoms in total. The molecule has 0 aromatic carbocycles. The Morgan fingerprint density at radius 1 is 1.46 bits per heavy atom. The average Bonchev–Trinajstić information content (AvgIpc) is 2.69. The van der Waals surface area contributed by atoms with Crippen LogP contribution in [0.4, 0.5) is 0 Å². The average molecular weight is 179 g/mol. The molecule has 1 saturated heterocycles. The fraction of sp³-hybridized carbons (Fsp3) is 0.700. The molecule has 1 aliphatic heterocycles. The van der Waals surface area contributed by atoms with E-state index in [1.165, 1.54) is 32.2 Å². The number of imidazole rings is 1. The lowest BCUT2D eigenvalue weighted by atomic mass is 10.0. The third-order valence-corrected chi connectivity index (χ3v) is 2.70. The maximum Gasteiger partial charge on any atom is 0.106 e. The molecular weight excluding hydrogens is 162 g/mol. The number of aryl methyl sites for hydroxylation is 1. The van der Waals surface area contributed by atoms with Crippen molar-refractivity contribution in [2.24, 2.45) is 0 Å². The van der Waals surface area contributed by atoms with Crippen molar-refractivity contribution in [1.29, 1.82) is 0 Å². The van der Waals surface area contributed by atoms with Crippen molar-refractivity contribution < 1.29 is 0 Å². The summed E-state index contributed by atoms with van der Waals surface area (Å²) in [6, 6.07) is 0.721. The van der Waals surface area contributed by atoms with Gasteiger partial charge in [-0.1, -0.05) is 6.42 Å². The summed E-state index contributed by atoms with van der Waals surface area (Å²) >= 11 is 0. The van der Waals surface area contributed by atoms with E-state index in [0.717, 1.165) is 18.3 Å². The predicted molar refractivity (Wildman–Crippen MR) is 52.6 cm³/mol. The third kappa shape index (κ3) is 2.56. The van der Waals surface area contributed by atoms with Gasteiger partial charge in [-0.3, -0.25) is 0 Å². The number of H-pyrrole nitrogens is 1. The van der Waals surface area contributed by atoms with Crippen molar-refractivity contribution >= 4 is 0 Å². The van der Waals surface area contributed by atoms with Gasteiger partial charge in [-0.2, -0.15) is 0 Å². The van der Waals surface area contributed by atoms with Crippen LogP contribution in [0.2, 0.25) is 0 Å². The van der Waals surface area contributed by atoms with Gasteiger partial charge >= 0.3 is 0 Å². The van der Waals surface area contributed by atoms with Crippen molar-refractivity contribution in [2.75, 3.05) is 6.54 Å². The summed E-state index contributed by atoms with van der Waals surface area (Å²) in [7, 11) is 0. The lowest BCUT2D eigenvalue weighted by Gasteiger charge is -2.22. The largest absolute Gasteiger partial charge is 0.349 e. The minimum absolute atomic E-state index is 0.721. The second-order valence-electron chi connectivity index (χ2n) is 3.72. The first-order chi connectivity index (χ1) is 6.45. The SMILES string of the molecule is c1c[nH]c(CCC2CCCCN2)n1. The van der Waals surface area contributed by atoms with E-state index >= 15 is 0 Å². The molecule has 3 heteroatoms. The molecular formula is C10H17N3. The topological polar surface area (TPSA) is 40.7 Å². The number of rotatable bonds is 3. The van der Waals surface area contributed by atoms with Gasteiger partial charge in [-0.25, -0.2) is 4.98 Å². The molecule has 2 N–H and O–H groups in total. The highest BCUT2D eigenvalue weighted by Gasteiger charge is 2.12. The smallest absolute Gasteiger partial charge is 0.106 e. The van der Waals surface area contributed by atoms with Gasteiger partial charge in [-0.05, 0) is 25.8 Å². The highest BCUT2D eigenvalue weighted by molar-refractivity contribution is 4.88. The van der Waals surface area contributed by atoms with Crippen LogP contribution in [0.15, 0.2) is 12.4 Å². The molecule has 0 aliphatic carbocycles. The summed E-state index contributed by atoms with van der Waals surface area (Å²) in [4.78, 5) is 7.36. The van der Waals surface area contributed by atoms with E-state index in [1.54, 1.807) is 0 Å². The fourth-order valence-electron chi connectivity index (χ4n) is 1.92. The van der Waals surface area contributed by atoms with E-state index in [-0.39, 0.29) is 0 Å². The first-order valence-electron chi connectivity index (χ1n) is 5.17. The Morgan fingerprint density at radius 3 is 3.15 bits per heavy atom. The van der Waals surface area contributed by atoms with Gasteiger partial charge in [0, 0.05) is 24.9 Å². The molecule has 1 unspecified atom stereocenters. The van der Waals surface area contributed by atoms with E-state index in [0.29, 0.717) is 0 Å². The van der Waals surface area contributed by atoms with Crippen molar-refractivity contribution in [3.8, 4) is 0 Å². The summed E-state index contributed by atoms with van der Waals surface area (Å²) < 4.78 is 0. The molecule has 0 bridgehead atoms. The monoisotopic (exact) mass is 179 g/mol. The summed E-state index contributed by atoms with van der Waals surface area (Å²) in [5.74, 6) is 1.12. The van der Waals surface area contributed by atoms with Gasteiger partial charge in [-0.15, -0.1) is 0 Å². The van der Waals surface area contributed by atoms with E-state index in [1.807, 2.05) is 12.4 Å². The van der Waals surface area contributed by atoms with Gasteiger partial charge in [0.15, 0.2) is 0 Å². The molecule has 1 fully saturated rings. The minimum atomic E-state index is 0.721. The lowest BCUT2D eigenvalue weighted by Crippen LogP contribution is -2.34. The quantitative estimate of drug-likeness (QED) is 0.738. The van der Waals surface area contributed by atoms with Crippen molar-refractivity contribution in [2.45, 2.75) is 38.1 Å². The van der Waals surface area contributed by atoms with E-state index in [2.05, 4.69) is 15.3 Å². The fourth-order valence-corrected chi connectivity index (χ4v) is 1.92. The summed E-state index contributed by atoms with van der Waals surface area (Å²) in [5, 5.41) is 3.54. The van der Waals surface area contributed by atoms with Gasteiger partial charge in [0.2, 0.25) is 0 Å². The number of aromatic amines is 1. The summed E-state index contributed by atoms with van der Waals surface area (Å²) in [6.07, 6.45) is 10.1. The predicted octanol–water partition coefficient (Wildman–Crippen LogP) is 1.48. The molecule has 13 heavy (non-hydrogen) atoms. The van der Waals surface area contributed by atoms with Crippen LogP contribution in [0.1, 0.15) is 31.5 Å². The first-order valence-corrected chi connectivity index (χ1v) is 5.17. The molecule has 2 heterocycles. The molecule has 0 radical (unpaired) electrons. The summed E-state index contributed by atoms with van der Waals surface area (Å²) in [6.45, 7) is 1.20. The maximum atomic E-state index is 4.22. The van der Waals surface area contributed by atoms with Crippen molar-refractivity contribution in [3.63, 3.8) is 0 Å². The Morgan fingerprint density at radius 2 is 2.46 bits per heavy atom. The molecule has 2 rings (SSSR count). The highest BCUT2D eigenvalue weighted by Crippen LogP contribution is 2.11. The number of hydrogen-bond donors (Lipinski definition) is 2. The van der Waals surface area contributed by atoms with Crippen LogP contribution >= 0.6 is 0 Å². The van der Waals surface area contributed by atoms with E-state index in [4.69, 9.17) is 0 Å². The standard InChI is InChI=1S/C10H17N3/c1-2-6-11-9(3-1)4-5-10-12-7-8-13-10/h7-9,11H,1-6H2,(H,12,13). The van der Waals surface area contributed by atoms with Gasteiger partial charge in [0.25, 0.3) is 0 Å². The second-order valence-corrected chi connectivity index (χ2v) is 3.72. The zero-order valence-corrected chi connectivity index (χ0v) is 7.92. The molecule has 1 aliphatic rings. The van der Waals surface area contributed by atoms with E-state index < -0.39 is 0 Å². The van der Waals surface area contributed by atoms with Crippen LogP contribution in [0, 0.1) is 0 Å². The molecule has 0 spiro atoms. The zero-order chi connectivity index (χ0) is 8.93. The van der Waals surface area contributed by atoms with Crippen molar-refractivity contribution in [1.82, 2.24) is 15.3 Å². The molecule has 1 aromatic heterocycles. The number of aromatic nitrogens is 2. The Balaban J connectivity index is 1.72. The molecule has 1 atom stereocenters. The normalized spacial score (nSPS) is 23.2.